The van der Waals surface area contributed by atoms with E-state index in [0.29, 0.717) is 11.1 Å². The third kappa shape index (κ3) is 4.53. The van der Waals surface area contributed by atoms with Gasteiger partial charge >= 0.3 is 0 Å². The van der Waals surface area contributed by atoms with Crippen LogP contribution in [0, 0.1) is 25.1 Å². The number of aryl methyl sites for hydroxylation is 1. The lowest BCUT2D eigenvalue weighted by Crippen LogP contribution is -2.00. The van der Waals surface area contributed by atoms with Crippen LogP contribution in [0.2, 0.25) is 0 Å². The molecule has 0 aliphatic carbocycles. The first-order valence-corrected chi connectivity index (χ1v) is 5.43. The molecule has 0 spiro atoms. The summed E-state index contributed by atoms with van der Waals surface area (Å²) < 4.78 is 13.4. The Hall–Kier alpha value is -1.22. The second kappa shape index (κ2) is 9.04. The van der Waals surface area contributed by atoms with Crippen LogP contribution >= 0.6 is 0 Å². The molecular weight excluding hydrogens is 203 g/mol. The van der Waals surface area contributed by atoms with Gasteiger partial charge in [-0.25, -0.2) is 4.39 Å². The number of hydrogen-bond donors (Lipinski definition) is 2. The van der Waals surface area contributed by atoms with Crippen LogP contribution in [0.3, 0.4) is 0 Å². The molecule has 1 aromatic rings. The minimum absolute atomic E-state index is 0.262. The Balaban J connectivity index is 0. The normalized spacial score (nSPS) is 8.25. The molecule has 0 aliphatic rings. The number of halogens is 1. The molecule has 0 atom stereocenters. The zero-order valence-corrected chi connectivity index (χ0v) is 11.1. The maximum Gasteiger partial charge on any atom is 0.135 e. The van der Waals surface area contributed by atoms with Crippen molar-refractivity contribution in [1.29, 1.82) is 5.41 Å². The summed E-state index contributed by atoms with van der Waals surface area (Å²) >= 11 is 0. The second-order valence-corrected chi connectivity index (χ2v) is 2.99. The predicted molar refractivity (Wildman–Crippen MR) is 69.8 cm³/mol. The predicted octanol–water partition coefficient (Wildman–Crippen LogP) is 3.43. The van der Waals surface area contributed by atoms with Crippen molar-refractivity contribution >= 4 is 5.71 Å². The Morgan fingerprint density at radius 1 is 1.19 bits per heavy atom. The Labute approximate surface area is 98.2 Å². The maximum atomic E-state index is 13.4. The minimum atomic E-state index is -0.262. The van der Waals surface area contributed by atoms with Crippen molar-refractivity contribution in [1.82, 2.24) is 0 Å². The highest BCUT2D eigenvalue weighted by Crippen LogP contribution is 2.16. The van der Waals surface area contributed by atoms with Crippen LogP contribution in [0.15, 0.2) is 12.1 Å². The summed E-state index contributed by atoms with van der Waals surface area (Å²) in [6.45, 7) is 9.19. The summed E-state index contributed by atoms with van der Waals surface area (Å²) in [6, 6.07) is 3.49. The van der Waals surface area contributed by atoms with Crippen LogP contribution in [-0.4, -0.2) is 12.8 Å². The van der Waals surface area contributed by atoms with Gasteiger partial charge in [0.2, 0.25) is 0 Å². The largest absolute Gasteiger partial charge is 0.333 e. The van der Waals surface area contributed by atoms with E-state index in [0.717, 1.165) is 5.56 Å². The highest BCUT2D eigenvalue weighted by molar-refractivity contribution is 5.96. The van der Waals surface area contributed by atoms with Crippen LogP contribution in [-0.2, 0) is 0 Å². The molecule has 2 nitrogen and oxygen atoms in total. The summed E-state index contributed by atoms with van der Waals surface area (Å²) in [5, 5.41) is 7.30. The summed E-state index contributed by atoms with van der Waals surface area (Å²) in [4.78, 5) is 0. The summed E-state index contributed by atoms with van der Waals surface area (Å²) in [5.41, 5.74) is 6.74. The van der Waals surface area contributed by atoms with Gasteiger partial charge in [0.05, 0.1) is 0 Å². The quantitative estimate of drug-likeness (QED) is 0.708. The van der Waals surface area contributed by atoms with Gasteiger partial charge in [0.15, 0.2) is 0 Å². The molecule has 3 N–H and O–H groups in total. The van der Waals surface area contributed by atoms with E-state index in [-0.39, 0.29) is 11.5 Å². The van der Waals surface area contributed by atoms with Crippen LogP contribution in [0.5, 0.6) is 0 Å². The Morgan fingerprint density at radius 2 is 1.62 bits per heavy atom. The zero-order valence-electron chi connectivity index (χ0n) is 11.1. The molecule has 0 saturated heterocycles. The van der Waals surface area contributed by atoms with E-state index in [4.69, 9.17) is 5.41 Å². The lowest BCUT2D eigenvalue weighted by atomic mass is 10.0. The first-order valence-electron chi connectivity index (χ1n) is 5.43. The Kier molecular flexibility index (Phi) is 9.71. The van der Waals surface area contributed by atoms with Crippen molar-refractivity contribution in [3.05, 3.63) is 34.6 Å². The van der Waals surface area contributed by atoms with Gasteiger partial charge < -0.3 is 11.1 Å². The molecule has 0 amide bonds. The van der Waals surface area contributed by atoms with Crippen molar-refractivity contribution in [3.63, 3.8) is 0 Å². The number of rotatable bonds is 1. The number of benzene rings is 1. The van der Waals surface area contributed by atoms with Gasteiger partial charge in [-0.05, 0) is 45.0 Å². The fraction of sp³-hybridized carbons (Fsp3) is 0.462. The summed E-state index contributed by atoms with van der Waals surface area (Å²) in [6.07, 6.45) is 0. The van der Waals surface area contributed by atoms with Gasteiger partial charge in [0.1, 0.15) is 5.82 Å². The van der Waals surface area contributed by atoms with E-state index in [1.165, 1.54) is 7.05 Å². The van der Waals surface area contributed by atoms with Crippen LogP contribution in [0.1, 0.15) is 37.5 Å². The highest BCUT2D eigenvalue weighted by Gasteiger charge is 2.07. The summed E-state index contributed by atoms with van der Waals surface area (Å²) in [7, 11) is 1.50. The van der Waals surface area contributed by atoms with E-state index in [2.05, 4.69) is 5.73 Å². The molecule has 0 unspecified atom stereocenters. The first kappa shape index (κ1) is 17.2. The molecule has 92 valence electrons. The number of nitrogens with one attached hydrogen (secondary N) is 1. The number of hydrogen-bond acceptors (Lipinski definition) is 2. The molecule has 0 aliphatic heterocycles. The number of nitrogens with two attached hydrogens (primary N) is 1. The van der Waals surface area contributed by atoms with E-state index in [9.17, 15) is 4.39 Å². The van der Waals surface area contributed by atoms with Gasteiger partial charge in [0, 0.05) is 11.3 Å². The smallest absolute Gasteiger partial charge is 0.135 e. The zero-order chi connectivity index (χ0) is 13.3. The lowest BCUT2D eigenvalue weighted by Gasteiger charge is -2.05. The van der Waals surface area contributed by atoms with Crippen molar-refractivity contribution in [2.24, 2.45) is 5.73 Å². The molecular formula is C13H23FN2. The molecule has 0 radical (unpaired) electrons. The lowest BCUT2D eigenvalue weighted by molar-refractivity contribution is 0.614. The molecule has 0 aromatic heterocycles. The molecule has 1 rings (SSSR count). The van der Waals surface area contributed by atoms with Gasteiger partial charge in [-0.15, -0.1) is 0 Å². The van der Waals surface area contributed by atoms with Crippen LogP contribution in [0.4, 0.5) is 4.39 Å². The second-order valence-electron chi connectivity index (χ2n) is 2.99. The van der Waals surface area contributed by atoms with E-state index < -0.39 is 0 Å². The molecule has 0 bridgehead atoms. The fourth-order valence-corrected chi connectivity index (χ4v) is 1.07. The van der Waals surface area contributed by atoms with E-state index in [1.54, 1.807) is 19.9 Å². The van der Waals surface area contributed by atoms with Gasteiger partial charge in [-0.3, -0.25) is 0 Å². The van der Waals surface area contributed by atoms with Crippen molar-refractivity contribution in [2.45, 2.75) is 34.6 Å². The van der Waals surface area contributed by atoms with Crippen LogP contribution < -0.4 is 5.73 Å². The third-order valence-electron chi connectivity index (χ3n) is 2.06. The molecule has 16 heavy (non-hydrogen) atoms. The minimum Gasteiger partial charge on any atom is -0.333 e. The molecule has 0 fully saturated rings. The van der Waals surface area contributed by atoms with Crippen molar-refractivity contribution in [2.75, 3.05) is 7.05 Å². The Morgan fingerprint density at radius 3 is 2.00 bits per heavy atom. The highest BCUT2D eigenvalue weighted by atomic mass is 19.1. The van der Waals surface area contributed by atoms with Crippen LogP contribution in [0.25, 0.3) is 0 Å². The maximum absolute atomic E-state index is 13.4. The van der Waals surface area contributed by atoms with Gasteiger partial charge in [-0.1, -0.05) is 19.9 Å². The van der Waals surface area contributed by atoms with E-state index >= 15 is 0 Å². The van der Waals surface area contributed by atoms with E-state index in [1.807, 2.05) is 26.8 Å². The molecule has 1 aromatic carbocycles. The first-order chi connectivity index (χ1) is 7.54. The van der Waals surface area contributed by atoms with Gasteiger partial charge in [-0.2, -0.15) is 0 Å². The van der Waals surface area contributed by atoms with Crippen molar-refractivity contribution in [3.8, 4) is 0 Å². The average molecular weight is 226 g/mol. The van der Waals surface area contributed by atoms with Gasteiger partial charge in [0.25, 0.3) is 0 Å². The fourth-order valence-electron chi connectivity index (χ4n) is 1.07. The SMILES string of the molecule is CC.CC(=N)c1ccc(C)c(C)c1F.CN. The standard InChI is InChI=1S/C10H12FN.C2H6.CH5N/c1-6-4-5-9(8(3)12)10(11)7(6)2;2*1-2/h4-5,12H,1-3H3;1-2H3;2H2,1H3. The molecule has 0 heterocycles. The monoisotopic (exact) mass is 226 g/mol. The molecule has 0 saturated carbocycles. The van der Waals surface area contributed by atoms with Crippen molar-refractivity contribution < 1.29 is 4.39 Å². The third-order valence-corrected chi connectivity index (χ3v) is 2.06. The molecule has 3 heteroatoms. The topological polar surface area (TPSA) is 49.9 Å². The average Bonchev–Trinajstić information content (AvgIpc) is 2.31. The summed E-state index contributed by atoms with van der Waals surface area (Å²) in [5.74, 6) is -0.262. The Bertz CT molecular complexity index is 333.